The molecule has 0 amide bonds. The molecule has 2 aromatic carbocycles. The van der Waals surface area contributed by atoms with Crippen LogP contribution in [0.2, 0.25) is 0 Å². The van der Waals surface area contributed by atoms with Crippen molar-refractivity contribution in [3.05, 3.63) is 65.7 Å². The summed E-state index contributed by atoms with van der Waals surface area (Å²) >= 11 is 5.81. The van der Waals surface area contributed by atoms with Crippen molar-refractivity contribution < 1.29 is 4.74 Å². The normalized spacial score (nSPS) is 12.1. The quantitative estimate of drug-likeness (QED) is 0.663. The molecule has 2 aromatic rings. The molecule has 2 rings (SSSR count). The van der Waals surface area contributed by atoms with E-state index in [1.165, 1.54) is 0 Å². The monoisotopic (exact) mass is 247 g/mol. The lowest BCUT2D eigenvalue weighted by molar-refractivity contribution is 0.306. The van der Waals surface area contributed by atoms with Crippen LogP contribution in [0.25, 0.3) is 0 Å². The van der Waals surface area contributed by atoms with Gasteiger partial charge in [0.2, 0.25) is 0 Å². The zero-order valence-corrected chi connectivity index (χ0v) is 10.1. The van der Waals surface area contributed by atoms with Crippen LogP contribution >= 0.6 is 11.6 Å². The molecule has 3 heteroatoms. The highest BCUT2D eigenvalue weighted by Crippen LogP contribution is 2.20. The predicted octanol–water partition coefficient (Wildman–Crippen LogP) is 3.46. The Balaban J connectivity index is 2.02. The smallest absolute Gasteiger partial charge is 0.120 e. The Morgan fingerprint density at radius 3 is 2.53 bits per heavy atom. The molecule has 0 aliphatic heterocycles. The van der Waals surface area contributed by atoms with E-state index in [9.17, 15) is 0 Å². The molecule has 0 saturated carbocycles. The summed E-state index contributed by atoms with van der Waals surface area (Å²) in [5, 5.41) is 0. The van der Waals surface area contributed by atoms with Crippen molar-refractivity contribution in [3.63, 3.8) is 0 Å². The fourth-order valence-corrected chi connectivity index (χ4v) is 1.65. The Morgan fingerprint density at radius 2 is 1.82 bits per heavy atom. The third-order valence-corrected chi connectivity index (χ3v) is 2.68. The van der Waals surface area contributed by atoms with Crippen LogP contribution in [0.15, 0.2) is 54.6 Å². The van der Waals surface area contributed by atoms with Gasteiger partial charge in [0.05, 0.1) is 0 Å². The first-order valence-electron chi connectivity index (χ1n) is 5.42. The van der Waals surface area contributed by atoms with Gasteiger partial charge in [0.25, 0.3) is 0 Å². The van der Waals surface area contributed by atoms with E-state index >= 15 is 0 Å². The third kappa shape index (κ3) is 3.48. The maximum atomic E-state index is 5.81. The molecule has 0 spiro atoms. The van der Waals surface area contributed by atoms with E-state index in [0.717, 1.165) is 16.9 Å². The largest absolute Gasteiger partial charge is 0.489 e. The summed E-state index contributed by atoms with van der Waals surface area (Å²) in [5.41, 5.74) is 7.10. The van der Waals surface area contributed by atoms with E-state index < -0.39 is 5.50 Å². The molecule has 0 radical (unpaired) electrons. The van der Waals surface area contributed by atoms with Gasteiger partial charge in [0, 0.05) is 0 Å². The molecule has 0 aliphatic rings. The van der Waals surface area contributed by atoms with Gasteiger partial charge < -0.3 is 10.5 Å². The van der Waals surface area contributed by atoms with Crippen LogP contribution in [0.5, 0.6) is 5.75 Å². The first-order valence-corrected chi connectivity index (χ1v) is 5.86. The van der Waals surface area contributed by atoms with Crippen molar-refractivity contribution in [2.75, 3.05) is 0 Å². The Kier molecular flexibility index (Phi) is 4.02. The SMILES string of the molecule is NC(Cl)c1cccc(OCc2ccccc2)c1. The number of halogens is 1. The minimum atomic E-state index is -0.490. The molecular formula is C14H14ClNO. The molecule has 17 heavy (non-hydrogen) atoms. The number of benzene rings is 2. The minimum absolute atomic E-state index is 0.490. The highest BCUT2D eigenvalue weighted by Gasteiger charge is 2.02. The molecule has 1 atom stereocenters. The number of hydrogen-bond acceptors (Lipinski definition) is 2. The molecule has 2 nitrogen and oxygen atoms in total. The van der Waals surface area contributed by atoms with Gasteiger partial charge in [-0.25, -0.2) is 0 Å². The molecule has 0 heterocycles. The van der Waals surface area contributed by atoms with Gasteiger partial charge in [0.15, 0.2) is 0 Å². The predicted molar refractivity (Wildman–Crippen MR) is 70.0 cm³/mol. The number of hydrogen-bond donors (Lipinski definition) is 1. The number of alkyl halides is 1. The van der Waals surface area contributed by atoms with Gasteiger partial charge in [-0.15, -0.1) is 11.6 Å². The van der Waals surface area contributed by atoms with Crippen molar-refractivity contribution in [1.29, 1.82) is 0 Å². The van der Waals surface area contributed by atoms with Crippen molar-refractivity contribution in [1.82, 2.24) is 0 Å². The summed E-state index contributed by atoms with van der Waals surface area (Å²) in [7, 11) is 0. The zero-order chi connectivity index (χ0) is 12.1. The maximum absolute atomic E-state index is 5.81. The molecule has 0 aromatic heterocycles. The van der Waals surface area contributed by atoms with Crippen LogP contribution < -0.4 is 10.5 Å². The van der Waals surface area contributed by atoms with Crippen molar-refractivity contribution in [2.45, 2.75) is 12.1 Å². The average molecular weight is 248 g/mol. The first-order chi connectivity index (χ1) is 8.25. The van der Waals surface area contributed by atoms with Crippen LogP contribution in [0, 0.1) is 0 Å². The third-order valence-electron chi connectivity index (χ3n) is 2.42. The topological polar surface area (TPSA) is 35.2 Å². The van der Waals surface area contributed by atoms with Crippen LogP contribution in [-0.4, -0.2) is 0 Å². The summed E-state index contributed by atoms with van der Waals surface area (Å²) in [6.45, 7) is 0.543. The highest BCUT2D eigenvalue weighted by molar-refractivity contribution is 6.20. The molecule has 0 bridgehead atoms. The van der Waals surface area contributed by atoms with Gasteiger partial charge in [0.1, 0.15) is 17.9 Å². The summed E-state index contributed by atoms with van der Waals surface area (Å²) in [6.07, 6.45) is 0. The number of ether oxygens (including phenoxy) is 1. The van der Waals surface area contributed by atoms with Gasteiger partial charge >= 0.3 is 0 Å². The van der Waals surface area contributed by atoms with E-state index in [1.807, 2.05) is 54.6 Å². The molecule has 0 saturated heterocycles. The Labute approximate surface area is 106 Å². The van der Waals surface area contributed by atoms with E-state index in [-0.39, 0.29) is 0 Å². The Bertz CT molecular complexity index is 471. The highest BCUT2D eigenvalue weighted by atomic mass is 35.5. The molecule has 0 aliphatic carbocycles. The van der Waals surface area contributed by atoms with E-state index in [4.69, 9.17) is 22.1 Å². The van der Waals surface area contributed by atoms with Crippen LogP contribution in [-0.2, 0) is 6.61 Å². The van der Waals surface area contributed by atoms with Gasteiger partial charge in [-0.2, -0.15) is 0 Å². The first kappa shape index (κ1) is 12.0. The lowest BCUT2D eigenvalue weighted by Crippen LogP contribution is -2.02. The minimum Gasteiger partial charge on any atom is -0.489 e. The fraction of sp³-hybridized carbons (Fsp3) is 0.143. The second-order valence-electron chi connectivity index (χ2n) is 3.75. The maximum Gasteiger partial charge on any atom is 0.120 e. The molecule has 2 N–H and O–H groups in total. The number of rotatable bonds is 4. The summed E-state index contributed by atoms with van der Waals surface area (Å²) in [4.78, 5) is 0. The lowest BCUT2D eigenvalue weighted by Gasteiger charge is -2.09. The van der Waals surface area contributed by atoms with Crippen molar-refractivity contribution in [2.24, 2.45) is 5.73 Å². The van der Waals surface area contributed by atoms with Gasteiger partial charge in [-0.05, 0) is 23.3 Å². The van der Waals surface area contributed by atoms with Crippen molar-refractivity contribution in [3.8, 4) is 5.75 Å². The Morgan fingerprint density at radius 1 is 1.06 bits per heavy atom. The van der Waals surface area contributed by atoms with Crippen LogP contribution in [0.1, 0.15) is 16.6 Å². The second kappa shape index (κ2) is 5.71. The summed E-state index contributed by atoms with van der Waals surface area (Å²) in [5.74, 6) is 0.780. The summed E-state index contributed by atoms with van der Waals surface area (Å²) in [6, 6.07) is 17.5. The van der Waals surface area contributed by atoms with Crippen LogP contribution in [0.4, 0.5) is 0 Å². The number of nitrogens with two attached hydrogens (primary N) is 1. The molecule has 88 valence electrons. The van der Waals surface area contributed by atoms with E-state index in [1.54, 1.807) is 0 Å². The summed E-state index contributed by atoms with van der Waals surface area (Å²) < 4.78 is 5.67. The lowest BCUT2D eigenvalue weighted by atomic mass is 10.2. The second-order valence-corrected chi connectivity index (χ2v) is 4.22. The average Bonchev–Trinajstić information content (AvgIpc) is 2.38. The van der Waals surface area contributed by atoms with E-state index in [0.29, 0.717) is 6.61 Å². The fourth-order valence-electron chi connectivity index (χ4n) is 1.52. The van der Waals surface area contributed by atoms with E-state index in [2.05, 4.69) is 0 Å². The molecule has 1 unspecified atom stereocenters. The zero-order valence-electron chi connectivity index (χ0n) is 9.34. The Hall–Kier alpha value is -1.51. The molecule has 0 fully saturated rings. The van der Waals surface area contributed by atoms with Gasteiger partial charge in [-0.3, -0.25) is 0 Å². The van der Waals surface area contributed by atoms with Crippen LogP contribution in [0.3, 0.4) is 0 Å². The molecular weight excluding hydrogens is 234 g/mol. The standard InChI is InChI=1S/C14H14ClNO/c15-14(16)12-7-4-8-13(9-12)17-10-11-5-2-1-3-6-11/h1-9,14H,10,16H2. The van der Waals surface area contributed by atoms with Gasteiger partial charge in [-0.1, -0.05) is 42.5 Å². The van der Waals surface area contributed by atoms with Crippen molar-refractivity contribution >= 4 is 11.6 Å².